The predicted octanol–water partition coefficient (Wildman–Crippen LogP) is 5.01. The van der Waals surface area contributed by atoms with Gasteiger partial charge in [-0.1, -0.05) is 44.1 Å². The molecule has 0 radical (unpaired) electrons. The minimum absolute atomic E-state index is 0.343. The second-order valence-corrected chi connectivity index (χ2v) is 4.59. The zero-order chi connectivity index (χ0) is 12.6. The fraction of sp³-hybridized carbons (Fsp3) is 0.750. The van der Waals surface area contributed by atoms with Crippen LogP contribution in [0.1, 0.15) is 71.1 Å². The molecular weight excluding hydrogens is 208 g/mol. The molecule has 0 fully saturated rings. The van der Waals surface area contributed by atoms with Crippen LogP contribution in [0.15, 0.2) is 24.3 Å². The molecule has 1 nitrogen and oxygen atoms in total. The second kappa shape index (κ2) is 15.4. The van der Waals surface area contributed by atoms with Crippen LogP contribution in [0.4, 0.5) is 0 Å². The summed E-state index contributed by atoms with van der Waals surface area (Å²) in [5, 5.41) is 8.62. The molecule has 100 valence electrons. The average Bonchev–Trinajstić information content (AvgIpc) is 2.35. The quantitative estimate of drug-likeness (QED) is 0.374. The molecule has 0 aliphatic carbocycles. The Morgan fingerprint density at radius 3 is 1.59 bits per heavy atom. The number of aliphatic hydroxyl groups is 1. The highest BCUT2D eigenvalue weighted by atomic mass is 16.2. The van der Waals surface area contributed by atoms with Crippen LogP contribution in [-0.4, -0.2) is 11.7 Å². The standard InChI is InChI=1S/C16H30O/c1-2-3-4-5-6-7-8-9-10-11-12-13-14-15-16-17/h4-5,10-11,17H,2-3,6-9,12-16H2,1H3/b5-4-,11-10?. The molecule has 0 aliphatic rings. The van der Waals surface area contributed by atoms with Crippen molar-refractivity contribution in [1.82, 2.24) is 0 Å². The summed E-state index contributed by atoms with van der Waals surface area (Å²) in [7, 11) is 0. The molecule has 0 unspecified atom stereocenters. The fourth-order valence-electron chi connectivity index (χ4n) is 1.71. The Hall–Kier alpha value is -0.560. The van der Waals surface area contributed by atoms with Gasteiger partial charge in [-0.25, -0.2) is 0 Å². The number of rotatable bonds is 12. The molecule has 0 saturated heterocycles. The zero-order valence-corrected chi connectivity index (χ0v) is 11.5. The van der Waals surface area contributed by atoms with E-state index in [2.05, 4.69) is 31.2 Å². The topological polar surface area (TPSA) is 20.2 Å². The molecule has 0 spiro atoms. The van der Waals surface area contributed by atoms with Crippen LogP contribution in [0, 0.1) is 0 Å². The highest BCUT2D eigenvalue weighted by Crippen LogP contribution is 2.05. The predicted molar refractivity (Wildman–Crippen MR) is 77.2 cm³/mol. The van der Waals surface area contributed by atoms with E-state index in [4.69, 9.17) is 5.11 Å². The molecule has 0 aromatic carbocycles. The fourth-order valence-corrected chi connectivity index (χ4v) is 1.71. The third-order valence-electron chi connectivity index (χ3n) is 2.81. The van der Waals surface area contributed by atoms with E-state index in [1.54, 1.807) is 0 Å². The summed E-state index contributed by atoms with van der Waals surface area (Å²) in [6.07, 6.45) is 21.3. The Morgan fingerprint density at radius 1 is 0.647 bits per heavy atom. The van der Waals surface area contributed by atoms with Gasteiger partial charge < -0.3 is 5.11 Å². The summed E-state index contributed by atoms with van der Waals surface area (Å²) in [5.41, 5.74) is 0. The van der Waals surface area contributed by atoms with Gasteiger partial charge in [0.2, 0.25) is 0 Å². The monoisotopic (exact) mass is 238 g/mol. The molecule has 0 atom stereocenters. The number of hydrogen-bond donors (Lipinski definition) is 1. The summed E-state index contributed by atoms with van der Waals surface area (Å²) in [4.78, 5) is 0. The van der Waals surface area contributed by atoms with Crippen molar-refractivity contribution < 1.29 is 5.11 Å². The van der Waals surface area contributed by atoms with Gasteiger partial charge in [0, 0.05) is 6.61 Å². The normalized spacial score (nSPS) is 11.9. The van der Waals surface area contributed by atoms with Crippen molar-refractivity contribution in [3.8, 4) is 0 Å². The average molecular weight is 238 g/mol. The van der Waals surface area contributed by atoms with E-state index in [0.717, 1.165) is 12.8 Å². The van der Waals surface area contributed by atoms with E-state index in [1.165, 1.54) is 51.4 Å². The van der Waals surface area contributed by atoms with E-state index in [9.17, 15) is 0 Å². The van der Waals surface area contributed by atoms with Gasteiger partial charge in [0.1, 0.15) is 0 Å². The van der Waals surface area contributed by atoms with E-state index >= 15 is 0 Å². The molecule has 0 aromatic heterocycles. The van der Waals surface area contributed by atoms with Crippen molar-refractivity contribution in [2.45, 2.75) is 71.1 Å². The third kappa shape index (κ3) is 15.4. The van der Waals surface area contributed by atoms with Crippen LogP contribution >= 0.6 is 0 Å². The summed E-state index contributed by atoms with van der Waals surface area (Å²) in [6, 6.07) is 0. The molecule has 0 amide bonds. The van der Waals surface area contributed by atoms with Gasteiger partial charge >= 0.3 is 0 Å². The van der Waals surface area contributed by atoms with E-state index in [-0.39, 0.29) is 0 Å². The van der Waals surface area contributed by atoms with Gasteiger partial charge in [0.15, 0.2) is 0 Å². The first-order valence-corrected chi connectivity index (χ1v) is 7.32. The van der Waals surface area contributed by atoms with Crippen LogP contribution in [0.3, 0.4) is 0 Å². The molecule has 0 bridgehead atoms. The number of allylic oxidation sites excluding steroid dienone is 4. The first kappa shape index (κ1) is 16.4. The van der Waals surface area contributed by atoms with Gasteiger partial charge in [-0.15, -0.1) is 0 Å². The van der Waals surface area contributed by atoms with Gasteiger partial charge in [-0.2, -0.15) is 0 Å². The summed E-state index contributed by atoms with van der Waals surface area (Å²) in [5.74, 6) is 0. The van der Waals surface area contributed by atoms with Crippen LogP contribution in [0.5, 0.6) is 0 Å². The van der Waals surface area contributed by atoms with E-state index < -0.39 is 0 Å². The summed E-state index contributed by atoms with van der Waals surface area (Å²) >= 11 is 0. The van der Waals surface area contributed by atoms with Crippen molar-refractivity contribution in [2.24, 2.45) is 0 Å². The van der Waals surface area contributed by atoms with Gasteiger partial charge in [0.05, 0.1) is 0 Å². The Labute approximate surface area is 108 Å². The smallest absolute Gasteiger partial charge is 0.0431 e. The Balaban J connectivity index is 3.08. The van der Waals surface area contributed by atoms with Crippen LogP contribution in [-0.2, 0) is 0 Å². The Morgan fingerprint density at radius 2 is 1.12 bits per heavy atom. The third-order valence-corrected chi connectivity index (χ3v) is 2.81. The van der Waals surface area contributed by atoms with Crippen LogP contribution in [0.25, 0.3) is 0 Å². The highest BCUT2D eigenvalue weighted by molar-refractivity contribution is 4.83. The Kier molecular flexibility index (Phi) is 14.9. The van der Waals surface area contributed by atoms with E-state index in [1.807, 2.05) is 0 Å². The minimum atomic E-state index is 0.343. The minimum Gasteiger partial charge on any atom is -0.396 e. The molecule has 0 saturated carbocycles. The lowest BCUT2D eigenvalue weighted by molar-refractivity contribution is 0.283. The molecular formula is C16H30O. The Bertz CT molecular complexity index is 182. The first-order chi connectivity index (χ1) is 8.41. The molecule has 0 aromatic rings. The van der Waals surface area contributed by atoms with Crippen molar-refractivity contribution in [2.75, 3.05) is 6.61 Å². The summed E-state index contributed by atoms with van der Waals surface area (Å²) in [6.45, 7) is 2.56. The largest absolute Gasteiger partial charge is 0.396 e. The second-order valence-electron chi connectivity index (χ2n) is 4.59. The van der Waals surface area contributed by atoms with Crippen molar-refractivity contribution in [3.05, 3.63) is 24.3 Å². The molecule has 0 rings (SSSR count). The lowest BCUT2D eigenvalue weighted by Gasteiger charge is -1.95. The highest BCUT2D eigenvalue weighted by Gasteiger charge is 1.86. The zero-order valence-electron chi connectivity index (χ0n) is 11.5. The van der Waals surface area contributed by atoms with Gasteiger partial charge in [-0.3, -0.25) is 0 Å². The SMILES string of the molecule is CCC/C=C\CCCCC=CCCCCCO. The number of unbranched alkanes of at least 4 members (excludes halogenated alkanes) is 7. The van der Waals surface area contributed by atoms with Crippen molar-refractivity contribution in [3.63, 3.8) is 0 Å². The molecule has 17 heavy (non-hydrogen) atoms. The van der Waals surface area contributed by atoms with Gasteiger partial charge in [0.25, 0.3) is 0 Å². The molecule has 1 N–H and O–H groups in total. The van der Waals surface area contributed by atoms with Crippen LogP contribution < -0.4 is 0 Å². The maximum absolute atomic E-state index is 8.62. The maximum Gasteiger partial charge on any atom is 0.0431 e. The number of hydrogen-bond acceptors (Lipinski definition) is 1. The molecule has 1 heteroatoms. The molecule has 0 heterocycles. The number of aliphatic hydroxyl groups excluding tert-OH is 1. The van der Waals surface area contributed by atoms with E-state index in [0.29, 0.717) is 6.61 Å². The summed E-state index contributed by atoms with van der Waals surface area (Å²) < 4.78 is 0. The maximum atomic E-state index is 8.62. The van der Waals surface area contributed by atoms with Gasteiger partial charge in [-0.05, 0) is 51.4 Å². The molecule has 0 aliphatic heterocycles. The van der Waals surface area contributed by atoms with Crippen molar-refractivity contribution >= 4 is 0 Å². The first-order valence-electron chi connectivity index (χ1n) is 7.32. The lowest BCUT2D eigenvalue weighted by atomic mass is 10.1. The van der Waals surface area contributed by atoms with Crippen LogP contribution in [0.2, 0.25) is 0 Å². The van der Waals surface area contributed by atoms with Crippen molar-refractivity contribution in [1.29, 1.82) is 0 Å². The lowest BCUT2D eigenvalue weighted by Crippen LogP contribution is -1.81.